The highest BCUT2D eigenvalue weighted by Crippen LogP contribution is 1.29. The van der Waals surface area contributed by atoms with E-state index in [4.69, 9.17) is 22.1 Å². The fourth-order valence-electron chi connectivity index (χ4n) is 0. The van der Waals surface area contributed by atoms with Crippen LogP contribution in [-0.2, 0) is 0 Å². The maximum absolute atomic E-state index is 6.75. The second kappa shape index (κ2) is 477. The first-order valence-electron chi connectivity index (χ1n) is 0.800. The van der Waals surface area contributed by atoms with Gasteiger partial charge in [-0.25, -0.2) is 0 Å². The topological polar surface area (TPSA) is 117 Å². The summed E-state index contributed by atoms with van der Waals surface area (Å²) in [4.78, 5) is 3.00. The molecule has 0 aromatic heterocycles. The van der Waals surface area contributed by atoms with Crippen LogP contribution in [0.2, 0.25) is 0 Å². The largest absolute Gasteiger partial charge is 0.373 e. The summed E-state index contributed by atoms with van der Waals surface area (Å²) >= 11 is 0. The van der Waals surface area contributed by atoms with Gasteiger partial charge in [-0.05, 0) is 0 Å². The second-order valence-corrected chi connectivity index (χ2v) is 0.179. The predicted molar refractivity (Wildman–Crippen MR) is 25.2 cm³/mol. The van der Waals surface area contributed by atoms with Crippen LogP contribution in [0.5, 0.6) is 0 Å². The van der Waals surface area contributed by atoms with Gasteiger partial charge < -0.3 is 22.1 Å². The smallest absolute Gasteiger partial charge is 0.255 e. The molecule has 0 spiro atoms. The first kappa shape index (κ1) is 31.6. The Labute approximate surface area is 42.7 Å². The fourth-order valence-corrected chi connectivity index (χ4v) is 0. The molecule has 0 aliphatic carbocycles. The average molecular weight is 124 g/mol. The van der Waals surface area contributed by atoms with Crippen LogP contribution in [0.15, 0.2) is 0 Å². The molecule has 8 heteroatoms. The first-order chi connectivity index (χ1) is 2.83. The van der Waals surface area contributed by atoms with Crippen LogP contribution in [0.1, 0.15) is 0 Å². The molecule has 0 saturated carbocycles. The lowest BCUT2D eigenvalue weighted by Crippen LogP contribution is -0.711. The van der Waals surface area contributed by atoms with E-state index in [9.17, 15) is 0 Å². The van der Waals surface area contributed by atoms with Crippen molar-refractivity contribution in [2.24, 2.45) is 0 Å². The highest BCUT2D eigenvalue weighted by atomic mass is 19.0. The van der Waals surface area contributed by atoms with E-state index in [-0.39, 0.29) is 9.41 Å². The number of hydrogen-bond acceptors (Lipinski definition) is 0. The van der Waals surface area contributed by atoms with Crippen molar-refractivity contribution in [2.45, 2.75) is 0 Å². The molecular formula is H2F2N6-2. The molecule has 0 aliphatic rings. The molecule has 0 atom stereocenters. The van der Waals surface area contributed by atoms with Crippen LogP contribution in [0.3, 0.4) is 0 Å². The molecule has 0 rings (SSSR count). The summed E-state index contributed by atoms with van der Waals surface area (Å²) in [5.41, 5.74) is 27.0. The Morgan fingerprint density at radius 2 is 0.625 bits per heavy atom. The van der Waals surface area contributed by atoms with E-state index in [1.807, 2.05) is 0 Å². The van der Waals surface area contributed by atoms with Crippen LogP contribution in [0, 0.1) is 0 Å². The van der Waals surface area contributed by atoms with Gasteiger partial charge >= 0.3 is 0 Å². The lowest BCUT2D eigenvalue weighted by Gasteiger charge is -1.32. The molecule has 0 unspecified atom stereocenters. The average Bonchev–Trinajstić information content (AvgIpc) is 1.39. The van der Waals surface area contributed by atoms with Gasteiger partial charge in [0.2, 0.25) is 0 Å². The first-order valence-corrected chi connectivity index (χ1v) is 0.800. The van der Waals surface area contributed by atoms with E-state index in [2.05, 4.69) is 0 Å². The molecule has 0 aliphatic heterocycles. The standard InChI is InChI=1S/2FH.2N3/c;;2*1-3-2/h2*1H;;/q;;2*-1. The van der Waals surface area contributed by atoms with Crippen molar-refractivity contribution in [1.29, 1.82) is 0 Å². The van der Waals surface area contributed by atoms with Crippen molar-refractivity contribution < 1.29 is 9.41 Å². The van der Waals surface area contributed by atoms with Gasteiger partial charge in [-0.2, -0.15) is 0 Å². The summed E-state index contributed by atoms with van der Waals surface area (Å²) < 4.78 is 0. The van der Waals surface area contributed by atoms with Gasteiger partial charge in [0.1, 0.15) is 0 Å². The Balaban J connectivity index is -0.0000000160. The summed E-state index contributed by atoms with van der Waals surface area (Å²) in [5.74, 6) is 0. The molecule has 0 amide bonds. The van der Waals surface area contributed by atoms with Crippen LogP contribution in [0.25, 0.3) is 31.9 Å². The summed E-state index contributed by atoms with van der Waals surface area (Å²) in [6.45, 7) is 0. The van der Waals surface area contributed by atoms with Crippen molar-refractivity contribution in [3.63, 3.8) is 0 Å². The maximum Gasteiger partial charge on any atom is -0.255 e. The highest BCUT2D eigenvalue weighted by molar-refractivity contribution is 4.36. The summed E-state index contributed by atoms with van der Waals surface area (Å²) in [7, 11) is 0. The van der Waals surface area contributed by atoms with E-state index in [0.29, 0.717) is 0 Å². The van der Waals surface area contributed by atoms with Crippen LogP contribution in [-0.4, -0.2) is 0 Å². The number of hydrogen-bond donors (Lipinski definition) is 0. The van der Waals surface area contributed by atoms with Crippen molar-refractivity contribution in [2.75, 3.05) is 0 Å². The Morgan fingerprint density at radius 1 is 0.625 bits per heavy atom. The van der Waals surface area contributed by atoms with E-state index in [0.717, 1.165) is 0 Å². The maximum atomic E-state index is 6.75. The molecule has 0 aromatic rings. The zero-order valence-electron chi connectivity index (χ0n) is 3.50. The van der Waals surface area contributed by atoms with Gasteiger partial charge in [0.15, 0.2) is 0 Å². The van der Waals surface area contributed by atoms with Gasteiger partial charge in [0.05, 0.1) is 0 Å². The van der Waals surface area contributed by atoms with E-state index in [1.54, 1.807) is 0 Å². The minimum Gasteiger partial charge on any atom is -0.373 e. The molecule has 48 valence electrons. The van der Waals surface area contributed by atoms with E-state index in [1.165, 1.54) is 9.82 Å². The van der Waals surface area contributed by atoms with Crippen LogP contribution < -0.4 is 0 Å². The molecule has 0 saturated heterocycles. The fraction of sp³-hybridized carbons (Fsp3) is 0. The van der Waals surface area contributed by atoms with E-state index < -0.39 is 0 Å². The highest BCUT2D eigenvalue weighted by Gasteiger charge is 0.691. The Hall–Kier alpha value is -1.52. The third kappa shape index (κ3) is 23.5. The summed E-state index contributed by atoms with van der Waals surface area (Å²) in [6.07, 6.45) is 0. The molecule has 0 fully saturated rings. The van der Waals surface area contributed by atoms with Gasteiger partial charge in [-0.3, -0.25) is 19.2 Å². The third-order valence-corrected chi connectivity index (χ3v) is 0. The number of rotatable bonds is 0. The van der Waals surface area contributed by atoms with Crippen molar-refractivity contribution >= 4 is 0 Å². The molecule has 8 heavy (non-hydrogen) atoms. The van der Waals surface area contributed by atoms with Gasteiger partial charge in [0, 0.05) is 0 Å². The Morgan fingerprint density at radius 3 is 0.625 bits per heavy atom. The lowest BCUT2D eigenvalue weighted by atomic mass is 13.0. The molecule has 0 aromatic carbocycles. The molecule has 0 N–H and O–H groups in total. The van der Waals surface area contributed by atoms with Crippen LogP contribution in [0.4, 0.5) is 9.41 Å². The number of nitrogens with zero attached hydrogens (tertiary/aromatic N) is 6. The van der Waals surface area contributed by atoms with Crippen molar-refractivity contribution in [3.05, 3.63) is 31.9 Å². The lowest BCUT2D eigenvalue weighted by molar-refractivity contribution is 1.11. The zero-order chi connectivity index (χ0) is 5.41. The van der Waals surface area contributed by atoms with Crippen LogP contribution >= 0.6 is 0 Å². The SMILES string of the molecule is F.F.[N-]=[N+]=[N-].[N-]=[N+]=[N-]. The van der Waals surface area contributed by atoms with Gasteiger partial charge in [0.25, 0.3) is 0 Å². The summed E-state index contributed by atoms with van der Waals surface area (Å²) in [5, 5.41) is 0. The molecule has 6 nitrogen and oxygen atoms in total. The summed E-state index contributed by atoms with van der Waals surface area (Å²) in [6, 6.07) is 0. The predicted octanol–water partition coefficient (Wildman–Crippen LogP) is 2.04. The third-order valence-electron chi connectivity index (χ3n) is 0. The quantitative estimate of drug-likeness (QED) is 0.267. The monoisotopic (exact) mass is 124 g/mol. The minimum atomic E-state index is 0. The van der Waals surface area contributed by atoms with Gasteiger partial charge in [-0.1, -0.05) is 0 Å². The normalized spacial score (nSPS) is 2.00. The number of halogens is 2. The molecular weight excluding hydrogens is 122 g/mol. The zero-order valence-corrected chi connectivity index (χ0v) is 3.50. The minimum absolute atomic E-state index is 0. The second-order valence-electron chi connectivity index (χ2n) is 0.179. The van der Waals surface area contributed by atoms with E-state index >= 15 is 0 Å². The molecule has 0 heterocycles. The van der Waals surface area contributed by atoms with Gasteiger partial charge in [-0.15, -0.1) is 0 Å². The van der Waals surface area contributed by atoms with Crippen molar-refractivity contribution in [3.8, 4) is 0 Å². The Kier molecular flexibility index (Phi) is 1890. The molecule has 0 radical (unpaired) electrons. The molecule has 0 bridgehead atoms. The van der Waals surface area contributed by atoms with Crippen molar-refractivity contribution in [1.82, 2.24) is 0 Å². The Bertz CT molecular complexity index is 60.5.